The van der Waals surface area contributed by atoms with Crippen molar-refractivity contribution in [3.8, 4) is 5.75 Å². The number of carbonyl (C=O) groups is 2. The average molecular weight is 617 g/mol. The molecule has 6 nitrogen and oxygen atoms in total. The number of aliphatic carboxylic acids is 1. The summed E-state index contributed by atoms with van der Waals surface area (Å²) in [6, 6.07) is 12.4. The van der Waals surface area contributed by atoms with Crippen LogP contribution in [0.3, 0.4) is 0 Å². The van der Waals surface area contributed by atoms with Crippen LogP contribution in [0.25, 0.3) is 0 Å². The number of halogens is 3. The van der Waals surface area contributed by atoms with E-state index in [-0.39, 0.29) is 18.3 Å². The molecule has 0 spiro atoms. The van der Waals surface area contributed by atoms with Crippen molar-refractivity contribution in [3.63, 3.8) is 0 Å². The summed E-state index contributed by atoms with van der Waals surface area (Å²) in [5.41, 5.74) is 1.92. The monoisotopic (exact) mass is 616 g/mol. The quantitative estimate of drug-likeness (QED) is 0.337. The first-order valence-corrected chi connectivity index (χ1v) is 15.5. The summed E-state index contributed by atoms with van der Waals surface area (Å²) in [6.07, 6.45) is -3.70. The van der Waals surface area contributed by atoms with E-state index in [1.54, 1.807) is 7.11 Å². The van der Waals surface area contributed by atoms with Gasteiger partial charge in [0.2, 0.25) is 5.91 Å². The van der Waals surface area contributed by atoms with Gasteiger partial charge in [-0.15, -0.1) is 0 Å². The van der Waals surface area contributed by atoms with Crippen LogP contribution in [0.5, 0.6) is 5.75 Å². The number of rotatable bonds is 7. The summed E-state index contributed by atoms with van der Waals surface area (Å²) < 4.78 is 48.4. The molecule has 2 unspecified atom stereocenters. The summed E-state index contributed by atoms with van der Waals surface area (Å²) >= 11 is 0. The number of alkyl halides is 3. The van der Waals surface area contributed by atoms with Crippen LogP contribution in [0, 0.1) is 23.2 Å². The number of benzene rings is 2. The highest BCUT2D eigenvalue weighted by atomic mass is 19.4. The van der Waals surface area contributed by atoms with Crippen molar-refractivity contribution in [2.24, 2.45) is 23.2 Å². The van der Waals surface area contributed by atoms with E-state index >= 15 is 0 Å². The molecule has 44 heavy (non-hydrogen) atoms. The van der Waals surface area contributed by atoms with E-state index in [4.69, 9.17) is 4.74 Å². The molecule has 2 N–H and O–H groups in total. The van der Waals surface area contributed by atoms with E-state index in [0.717, 1.165) is 11.1 Å². The Hall–Kier alpha value is -3.07. The van der Waals surface area contributed by atoms with Gasteiger partial charge < -0.3 is 20.1 Å². The molecule has 2 aromatic rings. The first-order valence-electron chi connectivity index (χ1n) is 15.5. The number of carbonyl (C=O) groups excluding carboxylic acids is 1. The van der Waals surface area contributed by atoms with Crippen LogP contribution in [0.15, 0.2) is 48.5 Å². The number of hydrogen-bond donors (Lipinski definition) is 2. The molecule has 1 aliphatic carbocycles. The van der Waals surface area contributed by atoms with Gasteiger partial charge in [-0.3, -0.25) is 4.79 Å². The van der Waals surface area contributed by atoms with Crippen molar-refractivity contribution < 1.29 is 32.6 Å². The molecule has 0 aromatic heterocycles. The standard InChI is InChI=1S/C35H47F3N2O4/c1-33(2,3)23-17-18-26(44-7)22(19-23)20-39-28-27(34(4,5)6)30(32(42)43)40(29(28)21-13-9-8-10-14-21)31(41)24-15-11-12-16-25(24)35(36,37)38/h8-10,13-14,17-19,24-25,27-30,39H,11-12,15-16,20H2,1-7H3,(H,42,43)/t24?,25?,27-,28-,29-,30-/m0/s1. The maximum Gasteiger partial charge on any atom is 0.392 e. The number of hydrogen-bond acceptors (Lipinski definition) is 4. The second kappa shape index (κ2) is 12.7. The maximum atomic E-state index is 14.4. The highest BCUT2D eigenvalue weighted by molar-refractivity contribution is 5.87. The molecule has 242 valence electrons. The van der Waals surface area contributed by atoms with E-state index < -0.39 is 59.3 Å². The van der Waals surface area contributed by atoms with Crippen LogP contribution >= 0.6 is 0 Å². The number of methoxy groups -OCH3 is 1. The van der Waals surface area contributed by atoms with Crippen LogP contribution in [-0.4, -0.2) is 47.3 Å². The smallest absolute Gasteiger partial charge is 0.392 e. The lowest BCUT2D eigenvalue weighted by Gasteiger charge is -2.39. The Morgan fingerprint density at radius 3 is 2.16 bits per heavy atom. The molecule has 6 atom stereocenters. The lowest BCUT2D eigenvalue weighted by Crippen LogP contribution is -2.51. The fraction of sp³-hybridized carbons (Fsp3) is 0.600. The van der Waals surface area contributed by atoms with Gasteiger partial charge in [0.25, 0.3) is 0 Å². The van der Waals surface area contributed by atoms with Crippen LogP contribution in [-0.2, 0) is 21.5 Å². The Morgan fingerprint density at radius 2 is 1.61 bits per heavy atom. The molecule has 4 rings (SSSR count). The number of likely N-dealkylation sites (tertiary alicyclic amines) is 1. The molecular weight excluding hydrogens is 569 g/mol. The van der Waals surface area contributed by atoms with Gasteiger partial charge in [0, 0.05) is 30.0 Å². The van der Waals surface area contributed by atoms with Crippen molar-refractivity contribution in [2.45, 2.75) is 103 Å². The van der Waals surface area contributed by atoms with Gasteiger partial charge in [-0.25, -0.2) is 4.79 Å². The predicted octanol–water partition coefficient (Wildman–Crippen LogP) is 7.52. The Labute approximate surface area is 259 Å². The molecule has 1 heterocycles. The third kappa shape index (κ3) is 6.93. The molecule has 1 saturated heterocycles. The molecule has 1 saturated carbocycles. The Kier molecular flexibility index (Phi) is 9.79. The van der Waals surface area contributed by atoms with Gasteiger partial charge >= 0.3 is 12.1 Å². The molecule has 9 heteroatoms. The van der Waals surface area contributed by atoms with Crippen molar-refractivity contribution in [2.75, 3.05) is 7.11 Å². The van der Waals surface area contributed by atoms with E-state index in [0.29, 0.717) is 30.7 Å². The predicted molar refractivity (Wildman–Crippen MR) is 164 cm³/mol. The number of carboxylic acids is 1. The van der Waals surface area contributed by atoms with Crippen molar-refractivity contribution in [1.82, 2.24) is 10.2 Å². The van der Waals surface area contributed by atoms with Crippen molar-refractivity contribution >= 4 is 11.9 Å². The minimum atomic E-state index is -4.54. The highest BCUT2D eigenvalue weighted by Crippen LogP contribution is 2.51. The average Bonchev–Trinajstić information content (AvgIpc) is 3.31. The fourth-order valence-electron chi connectivity index (χ4n) is 7.35. The summed E-state index contributed by atoms with van der Waals surface area (Å²) in [6.45, 7) is 12.4. The van der Waals surface area contributed by atoms with E-state index in [9.17, 15) is 27.9 Å². The molecule has 1 amide bonds. The molecule has 0 radical (unpaired) electrons. The van der Waals surface area contributed by atoms with E-state index in [2.05, 4.69) is 32.2 Å². The topological polar surface area (TPSA) is 78.9 Å². The minimum absolute atomic E-state index is 0.0857. The summed E-state index contributed by atoms with van der Waals surface area (Å²) in [4.78, 5) is 28.8. The molecule has 1 aliphatic heterocycles. The van der Waals surface area contributed by atoms with Crippen LogP contribution in [0.2, 0.25) is 0 Å². The third-order valence-electron chi connectivity index (χ3n) is 9.49. The Bertz CT molecular complexity index is 1320. The van der Waals surface area contributed by atoms with Crippen molar-refractivity contribution in [3.05, 3.63) is 65.2 Å². The molecule has 2 aliphatic rings. The van der Waals surface area contributed by atoms with Gasteiger partial charge in [0.15, 0.2) is 0 Å². The van der Waals surface area contributed by atoms with Crippen LogP contribution in [0.4, 0.5) is 13.2 Å². The van der Waals surface area contributed by atoms with Gasteiger partial charge in [0.1, 0.15) is 11.8 Å². The van der Waals surface area contributed by atoms with Crippen LogP contribution in [0.1, 0.15) is 90.0 Å². The number of ether oxygens (including phenoxy) is 1. The van der Waals surface area contributed by atoms with Gasteiger partial charge in [0.05, 0.1) is 19.1 Å². The number of nitrogens with zero attached hydrogens (tertiary/aromatic N) is 1. The van der Waals surface area contributed by atoms with Gasteiger partial charge in [-0.2, -0.15) is 13.2 Å². The second-order valence-electron chi connectivity index (χ2n) is 14.5. The zero-order chi connectivity index (χ0) is 32.6. The minimum Gasteiger partial charge on any atom is -0.496 e. The zero-order valence-corrected chi connectivity index (χ0v) is 26.9. The Balaban J connectivity index is 1.85. The zero-order valence-electron chi connectivity index (χ0n) is 26.9. The summed E-state index contributed by atoms with van der Waals surface area (Å²) in [5, 5.41) is 14.3. The lowest BCUT2D eigenvalue weighted by molar-refractivity contribution is -0.202. The summed E-state index contributed by atoms with van der Waals surface area (Å²) in [7, 11) is 1.60. The van der Waals surface area contributed by atoms with E-state index in [1.807, 2.05) is 63.2 Å². The van der Waals surface area contributed by atoms with Crippen molar-refractivity contribution in [1.29, 1.82) is 0 Å². The number of nitrogens with one attached hydrogen (secondary N) is 1. The fourth-order valence-corrected chi connectivity index (χ4v) is 7.35. The van der Waals surface area contributed by atoms with Crippen LogP contribution < -0.4 is 10.1 Å². The largest absolute Gasteiger partial charge is 0.496 e. The maximum absolute atomic E-state index is 14.4. The highest BCUT2D eigenvalue weighted by Gasteiger charge is 2.60. The number of carboxylic acid groups (broad SMARTS) is 1. The molecular formula is C35H47F3N2O4. The van der Waals surface area contributed by atoms with Gasteiger partial charge in [-0.05, 0) is 40.9 Å². The third-order valence-corrected chi connectivity index (χ3v) is 9.49. The summed E-state index contributed by atoms with van der Waals surface area (Å²) in [5.74, 6) is -4.99. The first-order chi connectivity index (χ1) is 20.5. The lowest BCUT2D eigenvalue weighted by atomic mass is 9.72. The molecule has 0 bridgehead atoms. The van der Waals surface area contributed by atoms with Gasteiger partial charge in [-0.1, -0.05) is 96.8 Å². The molecule has 2 fully saturated rings. The molecule has 2 aromatic carbocycles. The normalized spacial score (nSPS) is 26.5. The number of amides is 1. The SMILES string of the molecule is COc1ccc(C(C)(C)C)cc1CN[C@H]1[C@H](C(C)(C)C)[C@@H](C(=O)O)N(C(=O)C2CCCCC2C(F)(F)F)[C@H]1c1ccccc1. The Morgan fingerprint density at radius 1 is 0.977 bits per heavy atom. The van der Waals surface area contributed by atoms with E-state index in [1.165, 1.54) is 4.90 Å². The first kappa shape index (κ1) is 33.8. The second-order valence-corrected chi connectivity index (χ2v) is 14.5.